The molecule has 0 bridgehead atoms. The van der Waals surface area contributed by atoms with E-state index >= 15 is 0 Å². The summed E-state index contributed by atoms with van der Waals surface area (Å²) >= 11 is 5.84. The summed E-state index contributed by atoms with van der Waals surface area (Å²) in [4.78, 5) is 0. The highest BCUT2D eigenvalue weighted by molar-refractivity contribution is 6.30. The lowest BCUT2D eigenvalue weighted by Gasteiger charge is -2.10. The second kappa shape index (κ2) is 6.78. The number of aliphatic hydroxyl groups is 1. The van der Waals surface area contributed by atoms with Crippen LogP contribution in [0.15, 0.2) is 36.4 Å². The van der Waals surface area contributed by atoms with Gasteiger partial charge in [-0.1, -0.05) is 29.8 Å². The van der Waals surface area contributed by atoms with Gasteiger partial charge >= 0.3 is 0 Å². The third kappa shape index (κ3) is 4.33. The van der Waals surface area contributed by atoms with Gasteiger partial charge in [-0.2, -0.15) is 0 Å². The first kappa shape index (κ1) is 13.4. The van der Waals surface area contributed by atoms with E-state index in [1.54, 1.807) is 18.2 Å². The van der Waals surface area contributed by atoms with Crippen molar-refractivity contribution >= 4 is 11.6 Å². The third-order valence-corrected chi connectivity index (χ3v) is 3.12. The molecule has 1 saturated heterocycles. The van der Waals surface area contributed by atoms with Gasteiger partial charge in [-0.05, 0) is 37.6 Å². The Morgan fingerprint density at radius 2 is 2.44 bits per heavy atom. The third-order valence-electron chi connectivity index (χ3n) is 2.88. The maximum absolute atomic E-state index is 9.77. The number of benzene rings is 1. The number of nitrogens with one attached hydrogen (secondary N) is 1. The molecule has 1 heterocycles. The Bertz CT molecular complexity index is 403. The fraction of sp³-hybridized carbons (Fsp3) is 0.429. The predicted octanol–water partition coefficient (Wildman–Crippen LogP) is 2.39. The van der Waals surface area contributed by atoms with Gasteiger partial charge in [0.05, 0.1) is 0 Å². The summed E-state index contributed by atoms with van der Waals surface area (Å²) in [6.45, 7) is 1.30. The van der Waals surface area contributed by atoms with Gasteiger partial charge in [0.1, 0.15) is 18.5 Å². The highest BCUT2D eigenvalue weighted by Crippen LogP contribution is 2.17. The molecule has 2 atom stereocenters. The van der Waals surface area contributed by atoms with Gasteiger partial charge in [-0.25, -0.2) is 0 Å². The Hall–Kier alpha value is -1.03. The average molecular weight is 268 g/mol. The zero-order chi connectivity index (χ0) is 12.8. The van der Waals surface area contributed by atoms with Crippen molar-refractivity contribution in [2.24, 2.45) is 0 Å². The quantitative estimate of drug-likeness (QED) is 0.805. The summed E-state index contributed by atoms with van der Waals surface area (Å²) in [5, 5.41) is 13.7. The number of halogens is 1. The molecule has 0 radical (unpaired) electrons. The Labute approximate surface area is 112 Å². The maximum Gasteiger partial charge on any atom is 0.120 e. The van der Waals surface area contributed by atoms with Crippen LogP contribution in [-0.4, -0.2) is 30.4 Å². The van der Waals surface area contributed by atoms with Crippen LogP contribution in [0.3, 0.4) is 0 Å². The molecule has 1 fully saturated rings. The highest BCUT2D eigenvalue weighted by Gasteiger charge is 2.10. The first-order valence-corrected chi connectivity index (χ1v) is 6.60. The van der Waals surface area contributed by atoms with Crippen LogP contribution in [0.5, 0.6) is 5.75 Å². The van der Waals surface area contributed by atoms with Crippen molar-refractivity contribution in [2.45, 2.75) is 25.0 Å². The van der Waals surface area contributed by atoms with Gasteiger partial charge in [-0.3, -0.25) is 0 Å². The van der Waals surface area contributed by atoms with Crippen molar-refractivity contribution in [3.63, 3.8) is 0 Å². The van der Waals surface area contributed by atoms with E-state index in [1.165, 1.54) is 6.42 Å². The molecular weight excluding hydrogens is 250 g/mol. The Kier molecular flexibility index (Phi) is 5.05. The van der Waals surface area contributed by atoms with E-state index in [0.717, 1.165) is 13.0 Å². The van der Waals surface area contributed by atoms with Crippen molar-refractivity contribution in [3.8, 4) is 5.75 Å². The Morgan fingerprint density at radius 1 is 1.56 bits per heavy atom. The topological polar surface area (TPSA) is 41.5 Å². The summed E-state index contributed by atoms with van der Waals surface area (Å²) in [5.41, 5.74) is 0. The molecule has 2 unspecified atom stereocenters. The molecule has 0 saturated carbocycles. The molecule has 2 rings (SSSR count). The molecular formula is C14H18ClNO2. The first-order valence-electron chi connectivity index (χ1n) is 6.22. The average Bonchev–Trinajstić information content (AvgIpc) is 2.87. The molecule has 1 aliphatic heterocycles. The smallest absolute Gasteiger partial charge is 0.120 e. The zero-order valence-corrected chi connectivity index (χ0v) is 10.9. The minimum Gasteiger partial charge on any atom is -0.491 e. The van der Waals surface area contributed by atoms with Crippen LogP contribution in [0.1, 0.15) is 12.8 Å². The van der Waals surface area contributed by atoms with Crippen LogP contribution in [0, 0.1) is 0 Å². The Balaban J connectivity index is 1.75. The van der Waals surface area contributed by atoms with E-state index in [9.17, 15) is 5.11 Å². The highest BCUT2D eigenvalue weighted by atomic mass is 35.5. The number of ether oxygens (including phenoxy) is 1. The predicted molar refractivity (Wildman–Crippen MR) is 73.1 cm³/mol. The largest absolute Gasteiger partial charge is 0.491 e. The van der Waals surface area contributed by atoms with Crippen LogP contribution < -0.4 is 10.1 Å². The standard InChI is InChI=1S/C14H18ClNO2/c15-11-3-1-5-14(9-11)18-10-13(17)7-6-12-4-2-8-16-12/h1,3,5-7,9,12-13,16-17H,2,4,8,10H2/b7-6+. The second-order valence-corrected chi connectivity index (χ2v) is 4.86. The van der Waals surface area contributed by atoms with Crippen LogP contribution in [0.25, 0.3) is 0 Å². The minimum atomic E-state index is -0.591. The van der Waals surface area contributed by atoms with E-state index in [4.69, 9.17) is 16.3 Å². The minimum absolute atomic E-state index is 0.240. The van der Waals surface area contributed by atoms with Gasteiger partial charge in [0.15, 0.2) is 0 Å². The van der Waals surface area contributed by atoms with E-state index in [-0.39, 0.29) is 6.61 Å². The Morgan fingerprint density at radius 3 is 3.17 bits per heavy atom. The molecule has 98 valence electrons. The molecule has 0 aliphatic carbocycles. The fourth-order valence-corrected chi connectivity index (χ4v) is 2.11. The van der Waals surface area contributed by atoms with Crippen LogP contribution >= 0.6 is 11.6 Å². The number of aliphatic hydroxyl groups excluding tert-OH is 1. The fourth-order valence-electron chi connectivity index (χ4n) is 1.93. The SMILES string of the molecule is OC(/C=C/C1CCCN1)COc1cccc(Cl)c1. The van der Waals surface area contributed by atoms with Crippen LogP contribution in [-0.2, 0) is 0 Å². The van der Waals surface area contributed by atoms with Crippen molar-refractivity contribution in [2.75, 3.05) is 13.2 Å². The lowest BCUT2D eigenvalue weighted by molar-refractivity contribution is 0.144. The van der Waals surface area contributed by atoms with E-state index < -0.39 is 6.10 Å². The van der Waals surface area contributed by atoms with E-state index in [0.29, 0.717) is 16.8 Å². The molecule has 1 aromatic rings. The molecule has 3 nitrogen and oxygen atoms in total. The molecule has 0 amide bonds. The molecule has 0 aromatic heterocycles. The second-order valence-electron chi connectivity index (χ2n) is 4.42. The summed E-state index contributed by atoms with van der Waals surface area (Å²) < 4.78 is 5.46. The van der Waals surface area contributed by atoms with Gasteiger partial charge in [0.25, 0.3) is 0 Å². The molecule has 1 aliphatic rings. The molecule has 0 spiro atoms. The van der Waals surface area contributed by atoms with Gasteiger partial charge in [-0.15, -0.1) is 0 Å². The molecule has 4 heteroatoms. The van der Waals surface area contributed by atoms with E-state index in [2.05, 4.69) is 5.32 Å². The maximum atomic E-state index is 9.77. The van der Waals surface area contributed by atoms with Crippen LogP contribution in [0.4, 0.5) is 0 Å². The zero-order valence-electron chi connectivity index (χ0n) is 10.2. The normalized spacial score (nSPS) is 21.3. The lowest BCUT2D eigenvalue weighted by atomic mass is 10.2. The summed E-state index contributed by atoms with van der Waals surface area (Å²) in [5.74, 6) is 0.675. The van der Waals surface area contributed by atoms with E-state index in [1.807, 2.05) is 18.2 Å². The number of hydrogen-bond donors (Lipinski definition) is 2. The molecule has 1 aromatic carbocycles. The van der Waals surface area contributed by atoms with Gasteiger partial charge in [0, 0.05) is 11.1 Å². The summed E-state index contributed by atoms with van der Waals surface area (Å²) in [6, 6.07) is 7.56. The van der Waals surface area contributed by atoms with Crippen molar-refractivity contribution in [1.29, 1.82) is 0 Å². The van der Waals surface area contributed by atoms with Crippen molar-refractivity contribution in [1.82, 2.24) is 5.32 Å². The lowest BCUT2D eigenvalue weighted by Crippen LogP contribution is -2.20. The van der Waals surface area contributed by atoms with Crippen molar-refractivity contribution < 1.29 is 9.84 Å². The molecule has 2 N–H and O–H groups in total. The molecule has 18 heavy (non-hydrogen) atoms. The number of hydrogen-bond acceptors (Lipinski definition) is 3. The monoisotopic (exact) mass is 267 g/mol. The van der Waals surface area contributed by atoms with Crippen LogP contribution in [0.2, 0.25) is 5.02 Å². The van der Waals surface area contributed by atoms with Crippen molar-refractivity contribution in [3.05, 3.63) is 41.4 Å². The van der Waals surface area contributed by atoms with Gasteiger partial charge < -0.3 is 15.2 Å². The summed E-state index contributed by atoms with van der Waals surface area (Å²) in [6.07, 6.45) is 5.54. The number of rotatable bonds is 5. The summed E-state index contributed by atoms with van der Waals surface area (Å²) in [7, 11) is 0. The van der Waals surface area contributed by atoms with Gasteiger partial charge in [0.2, 0.25) is 0 Å². The first-order chi connectivity index (χ1) is 8.74.